The fourth-order valence-electron chi connectivity index (χ4n) is 1.68. The Balaban J connectivity index is 2.91. The largest absolute Gasteiger partial charge is 0.379 e. The van der Waals surface area contributed by atoms with Crippen LogP contribution in [-0.4, -0.2) is 70.5 Å². The van der Waals surface area contributed by atoms with Gasteiger partial charge in [-0.1, -0.05) is 35.4 Å². The quantitative estimate of drug-likeness (QED) is 0.178. The third-order valence-corrected chi connectivity index (χ3v) is 3.63. The van der Waals surface area contributed by atoms with Gasteiger partial charge in [-0.05, 0) is 24.2 Å². The Morgan fingerprint density at radius 3 is 1.36 bits per heavy atom. The van der Waals surface area contributed by atoms with E-state index in [0.29, 0.717) is 52.9 Å². The minimum atomic E-state index is 0.600. The molecule has 0 rings (SSSR count). The topological polar surface area (TPSA) is 46.2 Å². The maximum Gasteiger partial charge on any atom is 0.0701 e. The predicted molar refractivity (Wildman–Crippen MR) is 97.1 cm³/mol. The van der Waals surface area contributed by atoms with Gasteiger partial charge in [0.2, 0.25) is 0 Å². The summed E-state index contributed by atoms with van der Waals surface area (Å²) in [7, 11) is 0. The van der Waals surface area contributed by atoms with Gasteiger partial charge in [-0.2, -0.15) is 0 Å². The SMILES string of the molecule is CCOCCOCCOCCOCCOCCCCCCI. The van der Waals surface area contributed by atoms with Gasteiger partial charge in [-0.25, -0.2) is 0 Å². The van der Waals surface area contributed by atoms with Crippen LogP contribution in [0.15, 0.2) is 0 Å². The zero-order valence-electron chi connectivity index (χ0n) is 14.0. The highest BCUT2D eigenvalue weighted by Gasteiger charge is 1.93. The molecule has 5 nitrogen and oxygen atoms in total. The molecule has 0 aliphatic carbocycles. The van der Waals surface area contributed by atoms with Crippen LogP contribution in [0, 0.1) is 0 Å². The second-order valence-corrected chi connectivity index (χ2v) is 5.83. The van der Waals surface area contributed by atoms with E-state index >= 15 is 0 Å². The minimum absolute atomic E-state index is 0.600. The van der Waals surface area contributed by atoms with Crippen molar-refractivity contribution in [2.75, 3.05) is 70.5 Å². The first-order valence-corrected chi connectivity index (χ1v) is 9.89. The van der Waals surface area contributed by atoms with E-state index in [4.69, 9.17) is 23.7 Å². The van der Waals surface area contributed by atoms with Crippen molar-refractivity contribution >= 4 is 22.6 Å². The van der Waals surface area contributed by atoms with E-state index in [1.165, 1.54) is 23.7 Å². The normalized spacial score (nSPS) is 11.2. The number of hydrogen-bond donors (Lipinski definition) is 0. The van der Waals surface area contributed by atoms with Crippen LogP contribution in [0.1, 0.15) is 32.6 Å². The van der Waals surface area contributed by atoms with Crippen LogP contribution in [0.4, 0.5) is 0 Å². The lowest BCUT2D eigenvalue weighted by Gasteiger charge is -2.07. The van der Waals surface area contributed by atoms with Gasteiger partial charge in [0.15, 0.2) is 0 Å². The van der Waals surface area contributed by atoms with E-state index in [2.05, 4.69) is 22.6 Å². The molecule has 0 fully saturated rings. The minimum Gasteiger partial charge on any atom is -0.379 e. The zero-order valence-corrected chi connectivity index (χ0v) is 16.2. The molecule has 0 aliphatic heterocycles. The standard InChI is InChI=1S/C16H33IO5/c1-2-18-9-10-20-13-14-22-16-15-21-12-11-19-8-6-4-3-5-7-17/h2-16H2,1H3. The second kappa shape index (κ2) is 21.5. The number of hydrogen-bond acceptors (Lipinski definition) is 5. The van der Waals surface area contributed by atoms with Crippen LogP contribution in [0.5, 0.6) is 0 Å². The van der Waals surface area contributed by atoms with Gasteiger partial charge >= 0.3 is 0 Å². The van der Waals surface area contributed by atoms with Crippen LogP contribution in [-0.2, 0) is 23.7 Å². The summed E-state index contributed by atoms with van der Waals surface area (Å²) in [6, 6.07) is 0. The Labute approximate surface area is 149 Å². The summed E-state index contributed by atoms with van der Waals surface area (Å²) >= 11 is 2.42. The number of ether oxygens (including phenoxy) is 5. The summed E-state index contributed by atoms with van der Waals surface area (Å²) in [6.07, 6.45) is 5.06. The third-order valence-electron chi connectivity index (χ3n) is 2.86. The van der Waals surface area contributed by atoms with Gasteiger partial charge in [-0.3, -0.25) is 0 Å². The van der Waals surface area contributed by atoms with E-state index in [0.717, 1.165) is 19.6 Å². The molecule has 0 aromatic carbocycles. The van der Waals surface area contributed by atoms with Gasteiger partial charge in [0.05, 0.1) is 52.9 Å². The molecule has 0 amide bonds. The van der Waals surface area contributed by atoms with E-state index in [1.807, 2.05) is 6.92 Å². The van der Waals surface area contributed by atoms with Crippen LogP contribution < -0.4 is 0 Å². The maximum absolute atomic E-state index is 5.51. The average Bonchev–Trinajstić information content (AvgIpc) is 2.54. The van der Waals surface area contributed by atoms with E-state index < -0.39 is 0 Å². The van der Waals surface area contributed by atoms with Crippen molar-refractivity contribution in [3.05, 3.63) is 0 Å². The van der Waals surface area contributed by atoms with Gasteiger partial charge in [0.25, 0.3) is 0 Å². The summed E-state index contributed by atoms with van der Waals surface area (Å²) in [5, 5.41) is 0. The number of halogens is 1. The Hall–Kier alpha value is 0.530. The predicted octanol–water partition coefficient (Wildman–Crippen LogP) is 3.08. The molecule has 0 aromatic heterocycles. The third kappa shape index (κ3) is 20.5. The van der Waals surface area contributed by atoms with Crippen molar-refractivity contribution in [1.82, 2.24) is 0 Å². The first-order chi connectivity index (χ1) is 10.9. The molecule has 0 saturated heterocycles. The van der Waals surface area contributed by atoms with Crippen molar-refractivity contribution in [3.63, 3.8) is 0 Å². The zero-order chi connectivity index (χ0) is 16.1. The molecule has 134 valence electrons. The molecule has 0 aliphatic rings. The summed E-state index contributed by atoms with van der Waals surface area (Å²) in [4.78, 5) is 0. The van der Waals surface area contributed by atoms with Crippen LogP contribution in [0.3, 0.4) is 0 Å². The summed E-state index contributed by atoms with van der Waals surface area (Å²) in [6.45, 7) is 8.57. The molecule has 0 unspecified atom stereocenters. The Morgan fingerprint density at radius 2 is 0.909 bits per heavy atom. The monoisotopic (exact) mass is 432 g/mol. The number of unbranched alkanes of at least 4 members (excludes halogenated alkanes) is 3. The highest BCUT2D eigenvalue weighted by Crippen LogP contribution is 2.02. The molecule has 0 spiro atoms. The molecule has 0 bridgehead atoms. The summed E-state index contributed by atoms with van der Waals surface area (Å²) in [5.74, 6) is 0. The van der Waals surface area contributed by atoms with Crippen LogP contribution in [0.2, 0.25) is 0 Å². The summed E-state index contributed by atoms with van der Waals surface area (Å²) < 4.78 is 28.1. The molecule has 0 saturated carbocycles. The molecule has 0 heterocycles. The summed E-state index contributed by atoms with van der Waals surface area (Å²) in [5.41, 5.74) is 0. The van der Waals surface area contributed by atoms with Crippen molar-refractivity contribution in [3.8, 4) is 0 Å². The van der Waals surface area contributed by atoms with Gasteiger partial charge in [-0.15, -0.1) is 0 Å². The van der Waals surface area contributed by atoms with Crippen molar-refractivity contribution < 1.29 is 23.7 Å². The van der Waals surface area contributed by atoms with Crippen LogP contribution >= 0.6 is 22.6 Å². The average molecular weight is 432 g/mol. The van der Waals surface area contributed by atoms with E-state index in [9.17, 15) is 0 Å². The molecular formula is C16H33IO5. The Morgan fingerprint density at radius 1 is 0.500 bits per heavy atom. The molecular weight excluding hydrogens is 399 g/mol. The van der Waals surface area contributed by atoms with Gasteiger partial charge in [0.1, 0.15) is 0 Å². The molecule has 6 heteroatoms. The highest BCUT2D eigenvalue weighted by atomic mass is 127. The first-order valence-electron chi connectivity index (χ1n) is 8.36. The lowest BCUT2D eigenvalue weighted by Crippen LogP contribution is -2.13. The fraction of sp³-hybridized carbons (Fsp3) is 1.00. The lowest BCUT2D eigenvalue weighted by molar-refractivity contribution is -0.0104. The van der Waals surface area contributed by atoms with Crippen LogP contribution in [0.25, 0.3) is 0 Å². The smallest absolute Gasteiger partial charge is 0.0701 e. The van der Waals surface area contributed by atoms with Crippen molar-refractivity contribution in [1.29, 1.82) is 0 Å². The van der Waals surface area contributed by atoms with Crippen molar-refractivity contribution in [2.45, 2.75) is 32.6 Å². The molecule has 0 N–H and O–H groups in total. The first kappa shape index (κ1) is 22.5. The fourth-order valence-corrected chi connectivity index (χ4v) is 2.22. The lowest BCUT2D eigenvalue weighted by atomic mass is 10.2. The molecule has 0 aromatic rings. The number of alkyl halides is 1. The maximum atomic E-state index is 5.51. The van der Waals surface area contributed by atoms with Crippen molar-refractivity contribution in [2.24, 2.45) is 0 Å². The van der Waals surface area contributed by atoms with E-state index in [-0.39, 0.29) is 0 Å². The van der Waals surface area contributed by atoms with Gasteiger partial charge < -0.3 is 23.7 Å². The van der Waals surface area contributed by atoms with E-state index in [1.54, 1.807) is 0 Å². The highest BCUT2D eigenvalue weighted by molar-refractivity contribution is 14.1. The number of rotatable bonds is 19. The Bertz CT molecular complexity index is 175. The molecule has 22 heavy (non-hydrogen) atoms. The second-order valence-electron chi connectivity index (χ2n) is 4.75. The molecule has 0 atom stereocenters. The Kier molecular flexibility index (Phi) is 22.0. The van der Waals surface area contributed by atoms with Gasteiger partial charge in [0, 0.05) is 13.2 Å². The molecule has 0 radical (unpaired) electrons.